The number of ether oxygens (including phenoxy) is 1. The van der Waals surface area contributed by atoms with Gasteiger partial charge in [0.05, 0.1) is 11.5 Å². The van der Waals surface area contributed by atoms with E-state index in [1.54, 1.807) is 0 Å². The fraction of sp³-hybridized carbons (Fsp3) is 0.320. The van der Waals surface area contributed by atoms with Crippen molar-refractivity contribution in [1.82, 2.24) is 0 Å². The Balaban J connectivity index is 1.71. The number of nitrogens with zero attached hydrogens (tertiary/aromatic N) is 1. The topological polar surface area (TPSA) is 55.7 Å². The maximum atomic E-state index is 13.2. The molecule has 1 saturated carbocycles. The van der Waals surface area contributed by atoms with E-state index in [1.165, 1.54) is 0 Å². The summed E-state index contributed by atoms with van der Waals surface area (Å²) in [4.78, 5) is 30.7. The second kappa shape index (κ2) is 8.16. The van der Waals surface area contributed by atoms with Gasteiger partial charge in [-0.2, -0.15) is 0 Å². The lowest BCUT2D eigenvalue weighted by Crippen LogP contribution is -2.39. The van der Waals surface area contributed by atoms with Gasteiger partial charge in [0.2, 0.25) is 0 Å². The molecular weight excluding hydrogens is 362 g/mol. The number of aryl methyl sites for hydroxylation is 1. The van der Waals surface area contributed by atoms with E-state index >= 15 is 0 Å². The van der Waals surface area contributed by atoms with E-state index in [0.717, 1.165) is 35.2 Å². The molecule has 4 rings (SSSR count). The molecule has 2 aliphatic rings. The minimum absolute atomic E-state index is 0.168. The van der Waals surface area contributed by atoms with Crippen molar-refractivity contribution >= 4 is 17.5 Å². The van der Waals surface area contributed by atoms with Crippen LogP contribution < -0.4 is 0 Å². The van der Waals surface area contributed by atoms with Gasteiger partial charge in [0.15, 0.2) is 0 Å². The SMILES string of the molecule is CC1=C(C(=O)OCc2ccccc2)[C@@H](c2ccc(C)cc2)C2C(=O)CCCC2=N1. The summed E-state index contributed by atoms with van der Waals surface area (Å²) < 4.78 is 5.65. The van der Waals surface area contributed by atoms with Crippen LogP contribution in [0.2, 0.25) is 0 Å². The highest BCUT2D eigenvalue weighted by atomic mass is 16.5. The van der Waals surface area contributed by atoms with Crippen molar-refractivity contribution in [3.05, 3.63) is 82.6 Å². The van der Waals surface area contributed by atoms with Crippen molar-refractivity contribution in [3.8, 4) is 0 Å². The van der Waals surface area contributed by atoms with E-state index in [9.17, 15) is 9.59 Å². The number of esters is 1. The van der Waals surface area contributed by atoms with Crippen LogP contribution in [0.1, 0.15) is 48.8 Å². The molecule has 2 aromatic carbocycles. The van der Waals surface area contributed by atoms with Crippen LogP contribution in [-0.2, 0) is 20.9 Å². The number of fused-ring (bicyclic) bond motifs is 1. The number of ketones is 1. The molecule has 0 aromatic heterocycles. The largest absolute Gasteiger partial charge is 0.457 e. The third-order valence-electron chi connectivity index (χ3n) is 5.78. The molecule has 0 radical (unpaired) electrons. The minimum atomic E-state index is -0.391. The van der Waals surface area contributed by atoms with Gasteiger partial charge in [-0.1, -0.05) is 60.2 Å². The van der Waals surface area contributed by atoms with Crippen LogP contribution in [0, 0.1) is 12.8 Å². The van der Waals surface area contributed by atoms with Gasteiger partial charge in [-0.05, 0) is 37.8 Å². The maximum Gasteiger partial charge on any atom is 0.336 e. The van der Waals surface area contributed by atoms with Crippen molar-refractivity contribution in [3.63, 3.8) is 0 Å². The summed E-state index contributed by atoms with van der Waals surface area (Å²) in [6.07, 6.45) is 2.18. The predicted molar refractivity (Wildman–Crippen MR) is 113 cm³/mol. The fourth-order valence-corrected chi connectivity index (χ4v) is 4.32. The zero-order valence-electron chi connectivity index (χ0n) is 16.9. The van der Waals surface area contributed by atoms with Gasteiger partial charge >= 0.3 is 5.97 Å². The Morgan fingerprint density at radius 3 is 2.45 bits per heavy atom. The first-order chi connectivity index (χ1) is 14.0. The van der Waals surface area contributed by atoms with Crippen LogP contribution in [0.4, 0.5) is 0 Å². The van der Waals surface area contributed by atoms with E-state index in [2.05, 4.69) is 4.99 Å². The van der Waals surface area contributed by atoms with Crippen LogP contribution in [0.25, 0.3) is 0 Å². The molecule has 1 aliphatic carbocycles. The minimum Gasteiger partial charge on any atom is -0.457 e. The number of allylic oxidation sites excluding steroid dienone is 1. The summed E-state index contributed by atoms with van der Waals surface area (Å²) in [6, 6.07) is 17.7. The summed E-state index contributed by atoms with van der Waals surface area (Å²) in [5.41, 5.74) is 5.11. The van der Waals surface area contributed by atoms with Gasteiger partial charge in [-0.3, -0.25) is 9.79 Å². The Morgan fingerprint density at radius 1 is 1.00 bits per heavy atom. The monoisotopic (exact) mass is 387 g/mol. The van der Waals surface area contributed by atoms with Crippen molar-refractivity contribution in [2.75, 3.05) is 0 Å². The third kappa shape index (κ3) is 3.93. The molecule has 0 saturated heterocycles. The highest BCUT2D eigenvalue weighted by molar-refractivity contribution is 6.11. The summed E-state index contributed by atoms with van der Waals surface area (Å²) in [5.74, 6) is -0.923. The number of rotatable bonds is 4. The highest BCUT2D eigenvalue weighted by Gasteiger charge is 2.43. The number of benzene rings is 2. The fourth-order valence-electron chi connectivity index (χ4n) is 4.32. The van der Waals surface area contributed by atoms with Crippen molar-refractivity contribution in [2.45, 2.75) is 45.6 Å². The lowest BCUT2D eigenvalue weighted by molar-refractivity contribution is -0.140. The first-order valence-electron chi connectivity index (χ1n) is 10.1. The van der Waals surface area contributed by atoms with Gasteiger partial charge in [0.25, 0.3) is 0 Å². The van der Waals surface area contributed by atoms with Gasteiger partial charge in [0, 0.05) is 23.7 Å². The average Bonchev–Trinajstić information content (AvgIpc) is 2.72. The molecule has 2 atom stereocenters. The molecule has 1 unspecified atom stereocenters. The molecule has 0 spiro atoms. The molecular formula is C25H25NO3. The molecule has 0 N–H and O–H groups in total. The molecule has 4 nitrogen and oxygen atoms in total. The predicted octanol–water partition coefficient (Wildman–Crippen LogP) is 4.92. The van der Waals surface area contributed by atoms with Crippen LogP contribution in [0.15, 0.2) is 70.9 Å². The standard InChI is InChI=1S/C25H25NO3/c1-16-11-13-19(14-12-16)23-22(25(28)29-15-18-7-4-3-5-8-18)17(2)26-20-9-6-10-21(27)24(20)23/h3-5,7-8,11-14,23-24H,6,9-10,15H2,1-2H3/t23-,24?/m1/s1. The quantitative estimate of drug-likeness (QED) is 0.700. The molecule has 4 heteroatoms. The van der Waals surface area contributed by atoms with Crippen molar-refractivity contribution in [1.29, 1.82) is 0 Å². The van der Waals surface area contributed by atoms with E-state index < -0.39 is 5.97 Å². The number of Topliss-reactive ketones (excluding diaryl/α,β-unsaturated/α-hetero) is 1. The average molecular weight is 387 g/mol. The zero-order valence-corrected chi connectivity index (χ0v) is 16.9. The first kappa shape index (κ1) is 19.3. The van der Waals surface area contributed by atoms with Crippen LogP contribution >= 0.6 is 0 Å². The maximum absolute atomic E-state index is 13.2. The van der Waals surface area contributed by atoms with Crippen molar-refractivity contribution in [2.24, 2.45) is 10.9 Å². The molecule has 29 heavy (non-hydrogen) atoms. The van der Waals surface area contributed by atoms with Gasteiger partial charge in [0.1, 0.15) is 12.4 Å². The third-order valence-corrected chi connectivity index (χ3v) is 5.78. The molecule has 1 heterocycles. The normalized spacial score (nSPS) is 21.4. The van der Waals surface area contributed by atoms with Gasteiger partial charge in [-0.25, -0.2) is 4.79 Å². The lowest BCUT2D eigenvalue weighted by Gasteiger charge is -2.35. The molecule has 148 valence electrons. The van der Waals surface area contributed by atoms with Crippen molar-refractivity contribution < 1.29 is 14.3 Å². The van der Waals surface area contributed by atoms with E-state index in [-0.39, 0.29) is 24.2 Å². The number of carbonyl (C=O) groups excluding carboxylic acids is 2. The van der Waals surface area contributed by atoms with E-state index in [4.69, 9.17) is 4.74 Å². The Kier molecular flexibility index (Phi) is 5.43. The summed E-state index contributed by atoms with van der Waals surface area (Å²) in [7, 11) is 0. The Hall–Kier alpha value is -3.01. The number of hydrogen-bond donors (Lipinski definition) is 0. The Bertz CT molecular complexity index is 986. The molecule has 1 fully saturated rings. The molecule has 1 aliphatic heterocycles. The van der Waals surface area contributed by atoms with Crippen LogP contribution in [0.3, 0.4) is 0 Å². The summed E-state index contributed by atoms with van der Waals surface area (Å²) in [6.45, 7) is 4.08. The lowest BCUT2D eigenvalue weighted by atomic mass is 9.69. The van der Waals surface area contributed by atoms with Gasteiger partial charge < -0.3 is 4.74 Å². The van der Waals surface area contributed by atoms with E-state index in [1.807, 2.05) is 68.4 Å². The van der Waals surface area contributed by atoms with E-state index in [0.29, 0.717) is 17.7 Å². The summed E-state index contributed by atoms with van der Waals surface area (Å²) in [5, 5.41) is 0. The molecule has 0 amide bonds. The summed E-state index contributed by atoms with van der Waals surface area (Å²) >= 11 is 0. The Morgan fingerprint density at radius 2 is 1.72 bits per heavy atom. The number of carbonyl (C=O) groups is 2. The van der Waals surface area contributed by atoms with Gasteiger partial charge in [-0.15, -0.1) is 0 Å². The number of hydrogen-bond acceptors (Lipinski definition) is 4. The molecule has 2 aromatic rings. The highest BCUT2D eigenvalue weighted by Crippen LogP contribution is 2.43. The smallest absolute Gasteiger partial charge is 0.336 e. The van der Waals surface area contributed by atoms with Crippen LogP contribution in [0.5, 0.6) is 0 Å². The van der Waals surface area contributed by atoms with Crippen LogP contribution in [-0.4, -0.2) is 17.5 Å². The second-order valence-corrected chi connectivity index (χ2v) is 7.85. The molecule has 0 bridgehead atoms. The second-order valence-electron chi connectivity index (χ2n) is 7.85. The first-order valence-corrected chi connectivity index (χ1v) is 10.1. The number of aliphatic imine (C=N–C) groups is 1. The Labute approximate surface area is 171 Å². The zero-order chi connectivity index (χ0) is 20.4.